The number of halogens is 4. The average Bonchev–Trinajstić information content (AvgIpc) is 2.48. The lowest BCUT2D eigenvalue weighted by Gasteiger charge is -2.09. The Kier molecular flexibility index (Phi) is 5.82. The lowest BCUT2D eigenvalue weighted by Crippen LogP contribution is -2.21. The second-order valence-corrected chi connectivity index (χ2v) is 5.62. The largest absolute Gasteiger partial charge is 0.452 e. The number of carbonyl (C=O) groups is 2. The van der Waals surface area contributed by atoms with Gasteiger partial charge in [0, 0.05) is 5.02 Å². The van der Waals surface area contributed by atoms with E-state index in [-0.39, 0.29) is 15.6 Å². The van der Waals surface area contributed by atoms with Crippen LogP contribution in [0.25, 0.3) is 0 Å². The molecule has 0 spiro atoms. The second-order valence-electron chi connectivity index (χ2n) is 4.37. The van der Waals surface area contributed by atoms with E-state index in [2.05, 4.69) is 5.32 Å². The minimum Gasteiger partial charge on any atom is -0.452 e. The van der Waals surface area contributed by atoms with Crippen LogP contribution in [0.2, 0.25) is 15.1 Å². The van der Waals surface area contributed by atoms with Gasteiger partial charge >= 0.3 is 5.97 Å². The van der Waals surface area contributed by atoms with Gasteiger partial charge < -0.3 is 10.1 Å². The van der Waals surface area contributed by atoms with Gasteiger partial charge in [0.25, 0.3) is 5.91 Å². The summed E-state index contributed by atoms with van der Waals surface area (Å²) in [6, 6.07) is 7.74. The van der Waals surface area contributed by atoms with Crippen LogP contribution in [-0.4, -0.2) is 18.5 Å². The summed E-state index contributed by atoms with van der Waals surface area (Å²) in [5, 5.41) is 3.04. The molecule has 0 aliphatic rings. The van der Waals surface area contributed by atoms with Crippen molar-refractivity contribution in [3.8, 4) is 0 Å². The molecule has 8 heteroatoms. The van der Waals surface area contributed by atoms with Crippen molar-refractivity contribution >= 4 is 52.4 Å². The van der Waals surface area contributed by atoms with Gasteiger partial charge in [-0.2, -0.15) is 0 Å². The molecular formula is C15H9Cl3FNO3. The van der Waals surface area contributed by atoms with Crippen LogP contribution in [0.1, 0.15) is 10.4 Å². The van der Waals surface area contributed by atoms with Crippen molar-refractivity contribution in [3.05, 3.63) is 62.8 Å². The summed E-state index contributed by atoms with van der Waals surface area (Å²) in [6.45, 7) is -0.550. The van der Waals surface area contributed by atoms with Crippen LogP contribution >= 0.6 is 34.8 Å². The molecule has 0 aromatic heterocycles. The highest BCUT2D eigenvalue weighted by Crippen LogP contribution is 2.25. The Morgan fingerprint density at radius 2 is 1.78 bits per heavy atom. The Morgan fingerprint density at radius 1 is 1.04 bits per heavy atom. The van der Waals surface area contributed by atoms with E-state index in [1.165, 1.54) is 18.2 Å². The molecule has 0 aliphatic heterocycles. The number of rotatable bonds is 4. The fraction of sp³-hybridized carbons (Fsp3) is 0.0667. The van der Waals surface area contributed by atoms with Gasteiger partial charge in [-0.1, -0.05) is 34.8 Å². The molecule has 0 aliphatic carbocycles. The van der Waals surface area contributed by atoms with E-state index in [1.807, 2.05) is 0 Å². The van der Waals surface area contributed by atoms with E-state index in [0.717, 1.165) is 12.1 Å². The molecule has 0 atom stereocenters. The van der Waals surface area contributed by atoms with Gasteiger partial charge in [-0.25, -0.2) is 9.18 Å². The van der Waals surface area contributed by atoms with Gasteiger partial charge in [-0.05, 0) is 36.4 Å². The summed E-state index contributed by atoms with van der Waals surface area (Å²) >= 11 is 17.4. The molecule has 2 aromatic rings. The minimum atomic E-state index is -0.840. The van der Waals surface area contributed by atoms with Crippen LogP contribution in [0.5, 0.6) is 0 Å². The maximum absolute atomic E-state index is 12.9. The van der Waals surface area contributed by atoms with Crippen molar-refractivity contribution in [1.29, 1.82) is 0 Å². The molecule has 0 fully saturated rings. The van der Waals surface area contributed by atoms with Crippen molar-refractivity contribution in [2.24, 2.45) is 0 Å². The summed E-state index contributed by atoms with van der Waals surface area (Å²) in [7, 11) is 0. The Balaban J connectivity index is 1.94. The number of anilines is 1. The van der Waals surface area contributed by atoms with Crippen LogP contribution in [0, 0.1) is 5.82 Å². The Hall–Kier alpha value is -1.82. The molecule has 120 valence electrons. The molecular weight excluding hydrogens is 368 g/mol. The van der Waals surface area contributed by atoms with Crippen molar-refractivity contribution < 1.29 is 18.7 Å². The van der Waals surface area contributed by atoms with Gasteiger partial charge in [0.15, 0.2) is 6.61 Å². The monoisotopic (exact) mass is 375 g/mol. The zero-order valence-corrected chi connectivity index (χ0v) is 13.7. The van der Waals surface area contributed by atoms with Crippen molar-refractivity contribution in [2.75, 3.05) is 11.9 Å². The molecule has 0 saturated heterocycles. The molecule has 0 radical (unpaired) electrons. The van der Waals surface area contributed by atoms with Crippen LogP contribution in [0.4, 0.5) is 10.1 Å². The zero-order valence-electron chi connectivity index (χ0n) is 11.4. The first-order valence-electron chi connectivity index (χ1n) is 6.24. The summed E-state index contributed by atoms with van der Waals surface area (Å²) in [6.07, 6.45) is 0. The highest BCUT2D eigenvalue weighted by Gasteiger charge is 2.15. The normalized spacial score (nSPS) is 10.3. The van der Waals surface area contributed by atoms with Crippen LogP contribution < -0.4 is 5.32 Å². The lowest BCUT2D eigenvalue weighted by molar-refractivity contribution is -0.119. The number of benzene rings is 2. The molecule has 23 heavy (non-hydrogen) atoms. The second kappa shape index (κ2) is 7.64. The molecule has 0 heterocycles. The molecule has 2 aromatic carbocycles. The number of ether oxygens (including phenoxy) is 1. The van der Waals surface area contributed by atoms with Gasteiger partial charge in [0.1, 0.15) is 5.82 Å². The van der Waals surface area contributed by atoms with Crippen molar-refractivity contribution in [2.45, 2.75) is 0 Å². The molecule has 1 amide bonds. The predicted molar refractivity (Wildman–Crippen MR) is 86.8 cm³/mol. The molecule has 4 nitrogen and oxygen atoms in total. The van der Waals surface area contributed by atoms with E-state index in [1.54, 1.807) is 6.07 Å². The summed E-state index contributed by atoms with van der Waals surface area (Å²) < 4.78 is 17.7. The molecule has 0 unspecified atom stereocenters. The average molecular weight is 377 g/mol. The van der Waals surface area contributed by atoms with E-state index in [0.29, 0.717) is 10.7 Å². The maximum Gasteiger partial charge on any atom is 0.340 e. The number of hydrogen-bond donors (Lipinski definition) is 1. The molecule has 2 rings (SSSR count). The molecule has 0 saturated carbocycles. The third kappa shape index (κ3) is 4.82. The van der Waals surface area contributed by atoms with Gasteiger partial charge in [0.2, 0.25) is 0 Å². The topological polar surface area (TPSA) is 55.4 Å². The first-order valence-corrected chi connectivity index (χ1v) is 7.37. The number of carbonyl (C=O) groups excluding carboxylic acids is 2. The first kappa shape index (κ1) is 17.5. The number of amides is 1. The van der Waals surface area contributed by atoms with Crippen molar-refractivity contribution in [1.82, 2.24) is 0 Å². The minimum absolute atomic E-state index is 0.0367. The maximum atomic E-state index is 12.9. The fourth-order valence-electron chi connectivity index (χ4n) is 1.64. The Bertz CT molecular complexity index is 768. The number of esters is 1. The van der Waals surface area contributed by atoms with Crippen molar-refractivity contribution in [3.63, 3.8) is 0 Å². The Labute approximate surface area is 146 Å². The lowest BCUT2D eigenvalue weighted by atomic mass is 10.2. The highest BCUT2D eigenvalue weighted by atomic mass is 35.5. The van der Waals surface area contributed by atoms with E-state index < -0.39 is 24.3 Å². The van der Waals surface area contributed by atoms with Gasteiger partial charge in [-0.3, -0.25) is 4.79 Å². The zero-order chi connectivity index (χ0) is 17.0. The first-order chi connectivity index (χ1) is 10.9. The summed E-state index contributed by atoms with van der Waals surface area (Å²) in [4.78, 5) is 23.5. The number of hydrogen-bond acceptors (Lipinski definition) is 3. The van der Waals surface area contributed by atoms with Gasteiger partial charge in [0.05, 0.1) is 21.3 Å². The summed E-state index contributed by atoms with van der Waals surface area (Å²) in [5.41, 5.74) is 0.294. The quantitative estimate of drug-likeness (QED) is 0.795. The highest BCUT2D eigenvalue weighted by molar-refractivity contribution is 6.36. The third-order valence-electron chi connectivity index (χ3n) is 2.69. The fourth-order valence-corrected chi connectivity index (χ4v) is 2.34. The Morgan fingerprint density at radius 3 is 2.43 bits per heavy atom. The smallest absolute Gasteiger partial charge is 0.340 e. The van der Waals surface area contributed by atoms with Crippen LogP contribution in [0.15, 0.2) is 36.4 Å². The molecule has 0 bridgehead atoms. The SMILES string of the molecule is O=C(COC(=O)c1ccc(F)cc1Cl)Nc1ccc(Cl)cc1Cl. The predicted octanol–water partition coefficient (Wildman–Crippen LogP) is 4.58. The van der Waals surface area contributed by atoms with Crippen LogP contribution in [-0.2, 0) is 9.53 Å². The van der Waals surface area contributed by atoms with Crippen LogP contribution in [0.3, 0.4) is 0 Å². The standard InChI is InChI=1S/C15H9Cl3FNO3/c16-8-1-4-13(12(18)5-8)20-14(21)7-23-15(22)10-3-2-9(19)6-11(10)17/h1-6H,7H2,(H,20,21). The van der Waals surface area contributed by atoms with Gasteiger partial charge in [-0.15, -0.1) is 0 Å². The molecule has 1 N–H and O–H groups in total. The van der Waals surface area contributed by atoms with E-state index >= 15 is 0 Å². The summed E-state index contributed by atoms with van der Waals surface area (Å²) in [5.74, 6) is -2.02. The third-order valence-corrected chi connectivity index (χ3v) is 3.55. The number of nitrogens with one attached hydrogen (secondary N) is 1. The van der Waals surface area contributed by atoms with E-state index in [9.17, 15) is 14.0 Å². The van der Waals surface area contributed by atoms with E-state index in [4.69, 9.17) is 39.5 Å².